The van der Waals surface area contributed by atoms with Gasteiger partial charge in [-0.3, -0.25) is 4.79 Å². The molecule has 3 atom stereocenters. The lowest BCUT2D eigenvalue weighted by molar-refractivity contribution is 0.00575. The number of rotatable bonds is 9. The summed E-state index contributed by atoms with van der Waals surface area (Å²) in [4.78, 5) is 16.9. The van der Waals surface area contributed by atoms with Crippen molar-refractivity contribution >= 4 is 52.2 Å². The molecule has 3 aromatic rings. The van der Waals surface area contributed by atoms with Gasteiger partial charge in [0.1, 0.15) is 11.6 Å². The van der Waals surface area contributed by atoms with Crippen molar-refractivity contribution in [2.24, 2.45) is 0 Å². The molecule has 0 spiro atoms. The van der Waals surface area contributed by atoms with Crippen molar-refractivity contribution in [1.29, 1.82) is 0 Å². The molecule has 0 aliphatic carbocycles. The molecule has 0 amide bonds. The standard InChI is InChI=1S/C28H26Cl4N2O2/c1-18-3-5-20(6-4-18)26(35)19(2)33-13-14-34(17-33)28(32)27(21-7-10-23(29)11-8-21)36-16-22-9-12-24(30)15-25(22)31/h3-15,19,27-28H,16-17H2,1-2H3. The number of alkyl halides is 1. The summed E-state index contributed by atoms with van der Waals surface area (Å²) in [6.07, 6.45) is 3.28. The molecule has 0 saturated carbocycles. The van der Waals surface area contributed by atoms with Crippen molar-refractivity contribution < 1.29 is 9.53 Å². The molecule has 0 aromatic heterocycles. The fourth-order valence-electron chi connectivity index (χ4n) is 3.95. The second-order valence-corrected chi connectivity index (χ2v) is 10.5. The Morgan fingerprint density at radius 3 is 2.22 bits per heavy atom. The smallest absolute Gasteiger partial charge is 0.184 e. The molecule has 0 saturated heterocycles. The summed E-state index contributed by atoms with van der Waals surface area (Å²) in [7, 11) is 0. The van der Waals surface area contributed by atoms with Gasteiger partial charge in [-0.2, -0.15) is 0 Å². The van der Waals surface area contributed by atoms with E-state index in [1.54, 1.807) is 24.3 Å². The summed E-state index contributed by atoms with van der Waals surface area (Å²) in [5.74, 6) is 0.0514. The first-order valence-corrected chi connectivity index (χ1v) is 13.1. The minimum atomic E-state index is -0.555. The Morgan fingerprint density at radius 1 is 0.917 bits per heavy atom. The lowest BCUT2D eigenvalue weighted by Gasteiger charge is -2.33. The zero-order valence-corrected chi connectivity index (χ0v) is 22.9. The highest BCUT2D eigenvalue weighted by Gasteiger charge is 2.32. The van der Waals surface area contributed by atoms with Gasteiger partial charge in [0.05, 0.1) is 19.3 Å². The number of nitrogens with zero attached hydrogens (tertiary/aromatic N) is 2. The van der Waals surface area contributed by atoms with Crippen LogP contribution >= 0.6 is 46.4 Å². The molecule has 36 heavy (non-hydrogen) atoms. The maximum absolute atomic E-state index is 13.0. The number of ketones is 1. The summed E-state index contributed by atoms with van der Waals surface area (Å²) in [6, 6.07) is 20.0. The van der Waals surface area contributed by atoms with Crippen molar-refractivity contribution in [3.8, 4) is 0 Å². The second-order valence-electron chi connectivity index (χ2n) is 8.77. The minimum Gasteiger partial charge on any atom is -0.365 e. The van der Waals surface area contributed by atoms with Crippen LogP contribution in [0.2, 0.25) is 15.1 Å². The number of benzene rings is 3. The topological polar surface area (TPSA) is 32.8 Å². The quantitative estimate of drug-likeness (QED) is 0.149. The van der Waals surface area contributed by atoms with E-state index in [2.05, 4.69) is 0 Å². The van der Waals surface area contributed by atoms with Crippen LogP contribution in [-0.2, 0) is 11.3 Å². The van der Waals surface area contributed by atoms with E-state index >= 15 is 0 Å². The van der Waals surface area contributed by atoms with Crippen LogP contribution in [0.5, 0.6) is 0 Å². The zero-order chi connectivity index (χ0) is 25.8. The van der Waals surface area contributed by atoms with Gasteiger partial charge in [-0.05, 0) is 49.2 Å². The van der Waals surface area contributed by atoms with Gasteiger partial charge < -0.3 is 14.5 Å². The van der Waals surface area contributed by atoms with Gasteiger partial charge in [-0.1, -0.05) is 94.4 Å². The van der Waals surface area contributed by atoms with Crippen LogP contribution in [-0.4, -0.2) is 33.8 Å². The largest absolute Gasteiger partial charge is 0.365 e. The van der Waals surface area contributed by atoms with Crippen LogP contribution in [0.3, 0.4) is 0 Å². The maximum atomic E-state index is 13.0. The monoisotopic (exact) mass is 562 g/mol. The number of ether oxygens (including phenoxy) is 1. The van der Waals surface area contributed by atoms with Crippen LogP contribution in [0, 0.1) is 6.92 Å². The summed E-state index contributed by atoms with van der Waals surface area (Å²) < 4.78 is 6.31. The third-order valence-electron chi connectivity index (χ3n) is 6.19. The van der Waals surface area contributed by atoms with Crippen LogP contribution in [0.25, 0.3) is 0 Å². The Morgan fingerprint density at radius 2 is 1.56 bits per heavy atom. The van der Waals surface area contributed by atoms with Gasteiger partial charge in [-0.25, -0.2) is 0 Å². The molecule has 0 fully saturated rings. The van der Waals surface area contributed by atoms with E-state index in [1.807, 2.05) is 78.5 Å². The summed E-state index contributed by atoms with van der Waals surface area (Å²) in [6.45, 7) is 4.59. The van der Waals surface area contributed by atoms with E-state index in [-0.39, 0.29) is 18.4 Å². The van der Waals surface area contributed by atoms with E-state index < -0.39 is 11.6 Å². The molecular formula is C28H26Cl4N2O2. The average molecular weight is 564 g/mol. The summed E-state index contributed by atoms with van der Waals surface area (Å²) in [5, 5.41) is 1.71. The third kappa shape index (κ3) is 6.37. The molecule has 0 bridgehead atoms. The van der Waals surface area contributed by atoms with Crippen LogP contribution < -0.4 is 0 Å². The Bertz CT molecular complexity index is 1230. The van der Waals surface area contributed by atoms with Crippen molar-refractivity contribution in [3.05, 3.63) is 116 Å². The Kier molecular flexibility index (Phi) is 8.87. The second kappa shape index (κ2) is 11.9. The molecule has 0 radical (unpaired) electrons. The number of aryl methyl sites for hydroxylation is 1. The van der Waals surface area contributed by atoms with Gasteiger partial charge in [-0.15, -0.1) is 0 Å². The number of halogens is 4. The van der Waals surface area contributed by atoms with Crippen LogP contribution in [0.1, 0.15) is 40.1 Å². The molecule has 1 aliphatic heterocycles. The molecule has 0 N–H and O–H groups in total. The van der Waals surface area contributed by atoms with Crippen molar-refractivity contribution in [3.63, 3.8) is 0 Å². The van der Waals surface area contributed by atoms with E-state index in [1.165, 1.54) is 0 Å². The van der Waals surface area contributed by atoms with Gasteiger partial charge >= 0.3 is 0 Å². The molecule has 4 nitrogen and oxygen atoms in total. The molecule has 8 heteroatoms. The number of carbonyl (C=O) groups excluding carboxylic acids is 1. The zero-order valence-electron chi connectivity index (χ0n) is 19.9. The number of Topliss-reactive ketones (excluding diaryl/α,β-unsaturated/α-hetero) is 1. The average Bonchev–Trinajstić information content (AvgIpc) is 3.36. The van der Waals surface area contributed by atoms with Crippen molar-refractivity contribution in [1.82, 2.24) is 9.80 Å². The van der Waals surface area contributed by atoms with E-state index in [0.29, 0.717) is 27.3 Å². The molecule has 3 aromatic carbocycles. The SMILES string of the molecule is Cc1ccc(C(=O)C(C)N2C=CN(C(Cl)C(OCc3ccc(Cl)cc3Cl)c3ccc(Cl)cc3)C2)cc1. The molecular weight excluding hydrogens is 538 g/mol. The van der Waals surface area contributed by atoms with Crippen molar-refractivity contribution in [2.45, 2.75) is 38.1 Å². The van der Waals surface area contributed by atoms with E-state index in [4.69, 9.17) is 51.1 Å². The maximum Gasteiger partial charge on any atom is 0.184 e. The third-order valence-corrected chi connectivity index (χ3v) is 7.51. The molecule has 3 unspecified atom stereocenters. The van der Waals surface area contributed by atoms with Crippen LogP contribution in [0.4, 0.5) is 0 Å². The van der Waals surface area contributed by atoms with Crippen LogP contribution in [0.15, 0.2) is 79.1 Å². The number of hydrogen-bond acceptors (Lipinski definition) is 4. The molecule has 188 valence electrons. The van der Waals surface area contributed by atoms with Gasteiger partial charge in [0.25, 0.3) is 0 Å². The van der Waals surface area contributed by atoms with Gasteiger partial charge in [0.2, 0.25) is 0 Å². The summed E-state index contributed by atoms with van der Waals surface area (Å²) in [5.41, 5.74) is 2.93. The van der Waals surface area contributed by atoms with Gasteiger partial charge in [0.15, 0.2) is 5.78 Å². The molecule has 4 rings (SSSR count). The lowest BCUT2D eigenvalue weighted by Crippen LogP contribution is -2.41. The highest BCUT2D eigenvalue weighted by molar-refractivity contribution is 6.35. The fraction of sp³-hybridized carbons (Fsp3) is 0.250. The first kappa shape index (κ1) is 26.8. The minimum absolute atomic E-state index is 0.0514. The lowest BCUT2D eigenvalue weighted by atomic mass is 10.0. The fourth-order valence-corrected chi connectivity index (χ4v) is 4.89. The predicted octanol–water partition coefficient (Wildman–Crippen LogP) is 8.10. The number of hydrogen-bond donors (Lipinski definition) is 0. The highest BCUT2D eigenvalue weighted by atomic mass is 35.5. The summed E-state index contributed by atoms with van der Waals surface area (Å²) >= 11 is 25.5. The van der Waals surface area contributed by atoms with Crippen molar-refractivity contribution in [2.75, 3.05) is 6.67 Å². The first-order valence-electron chi connectivity index (χ1n) is 11.5. The van der Waals surface area contributed by atoms with Gasteiger partial charge in [0, 0.05) is 33.0 Å². The molecule has 1 heterocycles. The predicted molar refractivity (Wildman–Crippen MR) is 148 cm³/mol. The molecule has 1 aliphatic rings. The highest BCUT2D eigenvalue weighted by Crippen LogP contribution is 2.33. The van der Waals surface area contributed by atoms with E-state index in [0.717, 1.165) is 16.7 Å². The van der Waals surface area contributed by atoms with E-state index in [9.17, 15) is 4.79 Å². The Hall–Kier alpha value is -2.21. The normalized spacial score (nSPS) is 15.7. The Balaban J connectivity index is 1.48. The Labute approximate surface area is 232 Å². The number of carbonyl (C=O) groups is 1. The first-order chi connectivity index (χ1) is 17.2.